The van der Waals surface area contributed by atoms with Crippen LogP contribution in [0.15, 0.2) is 30.3 Å². The molecule has 118 valence electrons. The summed E-state index contributed by atoms with van der Waals surface area (Å²) in [6, 6.07) is 8.43. The van der Waals surface area contributed by atoms with Crippen LogP contribution in [0, 0.1) is 0 Å². The molecule has 0 bridgehead atoms. The molecule has 0 spiro atoms. The van der Waals surface area contributed by atoms with Gasteiger partial charge in [-0.1, -0.05) is 18.2 Å². The van der Waals surface area contributed by atoms with Gasteiger partial charge in [-0.3, -0.25) is 14.5 Å². The second kappa shape index (κ2) is 5.48. The van der Waals surface area contributed by atoms with E-state index in [9.17, 15) is 14.7 Å². The Morgan fingerprint density at radius 3 is 2.77 bits per heavy atom. The highest BCUT2D eigenvalue weighted by Crippen LogP contribution is 2.49. The number of carbonyl (C=O) groups is 2. The molecular weight excluding hydrogens is 304 g/mol. The lowest BCUT2D eigenvalue weighted by Gasteiger charge is -2.43. The Labute approximate surface area is 132 Å². The van der Waals surface area contributed by atoms with Gasteiger partial charge in [-0.25, -0.2) is 0 Å². The predicted molar refractivity (Wildman–Crippen MR) is 82.2 cm³/mol. The highest BCUT2D eigenvalue weighted by Gasteiger charge is 2.61. The fourth-order valence-corrected chi connectivity index (χ4v) is 4.10. The van der Waals surface area contributed by atoms with Gasteiger partial charge < -0.3 is 15.2 Å². The van der Waals surface area contributed by atoms with Crippen LogP contribution in [-0.4, -0.2) is 50.8 Å². The molecule has 0 aromatic heterocycles. The lowest BCUT2D eigenvalue weighted by atomic mass is 10.0. The van der Waals surface area contributed by atoms with Gasteiger partial charge in [0.2, 0.25) is 0 Å². The van der Waals surface area contributed by atoms with Gasteiger partial charge in [-0.15, -0.1) is 11.8 Å². The molecule has 0 radical (unpaired) electrons. The van der Waals surface area contributed by atoms with Gasteiger partial charge >= 0.3 is 0 Å². The molecule has 2 aliphatic rings. The third kappa shape index (κ3) is 2.55. The zero-order chi connectivity index (χ0) is 15.9. The highest BCUT2D eigenvalue weighted by molar-refractivity contribution is 8.01. The minimum absolute atomic E-state index is 0.142. The summed E-state index contributed by atoms with van der Waals surface area (Å²) in [4.78, 5) is 25.4. The van der Waals surface area contributed by atoms with Crippen LogP contribution in [0.1, 0.15) is 13.8 Å². The molecule has 0 aliphatic carbocycles. The molecule has 2 fully saturated rings. The topological polar surface area (TPSA) is 78.9 Å². The third-order valence-electron chi connectivity index (χ3n) is 3.82. The van der Waals surface area contributed by atoms with E-state index in [1.807, 2.05) is 32.0 Å². The average molecular weight is 322 g/mol. The summed E-state index contributed by atoms with van der Waals surface area (Å²) in [5.41, 5.74) is 0. The van der Waals surface area contributed by atoms with Crippen molar-refractivity contribution in [1.29, 1.82) is 0 Å². The molecule has 2 aliphatic heterocycles. The molecule has 0 saturated carbocycles. The molecule has 2 saturated heterocycles. The van der Waals surface area contributed by atoms with Crippen LogP contribution in [-0.2, 0) is 9.59 Å². The second-order valence-corrected chi connectivity index (χ2v) is 7.65. The number of thioether (sulfide) groups is 1. The molecule has 2 amide bonds. The van der Waals surface area contributed by atoms with Crippen molar-refractivity contribution in [2.75, 3.05) is 6.61 Å². The largest absolute Gasteiger partial charge is 0.484 e. The van der Waals surface area contributed by atoms with Gasteiger partial charge in [0.25, 0.3) is 11.8 Å². The van der Waals surface area contributed by atoms with Crippen molar-refractivity contribution in [1.82, 2.24) is 10.2 Å². The van der Waals surface area contributed by atoms with E-state index in [1.54, 1.807) is 12.1 Å². The van der Waals surface area contributed by atoms with Crippen LogP contribution in [0.4, 0.5) is 0 Å². The maximum Gasteiger partial charge on any atom is 0.258 e. The van der Waals surface area contributed by atoms with E-state index in [0.29, 0.717) is 5.75 Å². The molecule has 1 aromatic rings. The number of amides is 2. The minimum atomic E-state index is -0.816. The van der Waals surface area contributed by atoms with Crippen LogP contribution in [0.2, 0.25) is 0 Å². The summed E-state index contributed by atoms with van der Waals surface area (Å²) < 4.78 is 4.92. The fourth-order valence-electron chi connectivity index (χ4n) is 2.59. The number of nitrogens with zero attached hydrogens (tertiary/aromatic N) is 1. The van der Waals surface area contributed by atoms with E-state index in [1.165, 1.54) is 16.7 Å². The van der Waals surface area contributed by atoms with Crippen molar-refractivity contribution >= 4 is 23.6 Å². The molecule has 7 heteroatoms. The molecular formula is C15H18N2O4S. The van der Waals surface area contributed by atoms with Crippen LogP contribution in [0.25, 0.3) is 0 Å². The second-order valence-electron chi connectivity index (χ2n) is 5.88. The Morgan fingerprint density at radius 1 is 1.41 bits per heavy atom. The van der Waals surface area contributed by atoms with Crippen molar-refractivity contribution in [3.8, 4) is 5.75 Å². The van der Waals surface area contributed by atoms with E-state index in [4.69, 9.17) is 4.74 Å². The van der Waals surface area contributed by atoms with Crippen molar-refractivity contribution in [3.05, 3.63) is 30.3 Å². The SMILES string of the molecule is CC1(C)S[C@@H]2C(NC(=O)COc3ccccc3)C(=O)N2C1O. The zero-order valence-corrected chi connectivity index (χ0v) is 13.2. The number of hydrogen-bond acceptors (Lipinski definition) is 5. The molecule has 6 nitrogen and oxygen atoms in total. The maximum absolute atomic E-state index is 12.0. The van der Waals surface area contributed by atoms with E-state index in [0.717, 1.165) is 0 Å². The van der Waals surface area contributed by atoms with Gasteiger partial charge in [0.05, 0.1) is 4.75 Å². The zero-order valence-electron chi connectivity index (χ0n) is 12.4. The molecule has 1 aromatic carbocycles. The lowest BCUT2D eigenvalue weighted by Crippen LogP contribution is -2.69. The number of β-lactam (4-membered cyclic amide) rings is 1. The van der Waals surface area contributed by atoms with E-state index in [-0.39, 0.29) is 23.8 Å². The fraction of sp³-hybridized carbons (Fsp3) is 0.467. The predicted octanol–water partition coefficient (Wildman–Crippen LogP) is 0.562. The number of aliphatic hydroxyl groups is 1. The standard InChI is InChI=1S/C15H18N2O4S/c1-15(2)14(20)17-12(19)11(13(17)22-15)16-10(18)8-21-9-6-4-3-5-7-9/h3-7,11,13-14,20H,8H2,1-2H3,(H,16,18)/t11?,13-,14?/m1/s1. The molecule has 2 N–H and O–H groups in total. The Hall–Kier alpha value is -1.73. The van der Waals surface area contributed by atoms with E-state index >= 15 is 0 Å². The van der Waals surface area contributed by atoms with Crippen LogP contribution in [0.3, 0.4) is 0 Å². The number of nitrogens with one attached hydrogen (secondary N) is 1. The molecule has 3 rings (SSSR count). The van der Waals surface area contributed by atoms with Crippen molar-refractivity contribution in [2.45, 2.75) is 36.2 Å². The van der Waals surface area contributed by atoms with Gasteiger partial charge in [-0.05, 0) is 26.0 Å². The van der Waals surface area contributed by atoms with Crippen LogP contribution in [0.5, 0.6) is 5.75 Å². The number of ether oxygens (including phenoxy) is 1. The highest BCUT2D eigenvalue weighted by atomic mass is 32.2. The Morgan fingerprint density at radius 2 is 2.09 bits per heavy atom. The first-order valence-corrected chi connectivity index (χ1v) is 7.93. The van der Waals surface area contributed by atoms with E-state index in [2.05, 4.69) is 5.32 Å². The summed E-state index contributed by atoms with van der Waals surface area (Å²) in [5, 5.41) is 12.5. The molecule has 22 heavy (non-hydrogen) atoms. The summed E-state index contributed by atoms with van der Waals surface area (Å²) in [6.07, 6.45) is -0.816. The number of benzene rings is 1. The quantitative estimate of drug-likeness (QED) is 0.792. The van der Waals surface area contributed by atoms with Crippen molar-refractivity contribution < 1.29 is 19.4 Å². The third-order valence-corrected chi connectivity index (χ3v) is 5.38. The van der Waals surface area contributed by atoms with E-state index < -0.39 is 17.0 Å². The summed E-state index contributed by atoms with van der Waals surface area (Å²) in [7, 11) is 0. The van der Waals surface area contributed by atoms with Gasteiger partial charge in [0.1, 0.15) is 23.4 Å². The van der Waals surface area contributed by atoms with Gasteiger partial charge in [-0.2, -0.15) is 0 Å². The van der Waals surface area contributed by atoms with Crippen LogP contribution < -0.4 is 10.1 Å². The number of aliphatic hydroxyl groups excluding tert-OH is 1. The first-order valence-electron chi connectivity index (χ1n) is 7.05. The maximum atomic E-state index is 12.0. The molecule has 2 heterocycles. The summed E-state index contributed by atoms with van der Waals surface area (Å²) in [5.74, 6) is 0.0105. The minimum Gasteiger partial charge on any atom is -0.484 e. The summed E-state index contributed by atoms with van der Waals surface area (Å²) >= 11 is 1.49. The average Bonchev–Trinajstić information content (AvgIpc) is 2.71. The number of fused-ring (bicyclic) bond motifs is 1. The van der Waals surface area contributed by atoms with Gasteiger partial charge in [0.15, 0.2) is 6.61 Å². The number of rotatable bonds is 4. The number of carbonyl (C=O) groups excluding carboxylic acids is 2. The Balaban J connectivity index is 1.54. The van der Waals surface area contributed by atoms with Crippen molar-refractivity contribution in [2.24, 2.45) is 0 Å². The number of para-hydroxylation sites is 1. The first-order chi connectivity index (χ1) is 10.4. The Bertz CT molecular complexity index is 592. The smallest absolute Gasteiger partial charge is 0.258 e. The van der Waals surface area contributed by atoms with Crippen LogP contribution >= 0.6 is 11.8 Å². The summed E-state index contributed by atoms with van der Waals surface area (Å²) in [6.45, 7) is 3.62. The first kappa shape index (κ1) is 15.2. The molecule has 2 unspecified atom stereocenters. The Kier molecular flexibility index (Phi) is 3.78. The number of hydrogen-bond donors (Lipinski definition) is 2. The lowest BCUT2D eigenvalue weighted by molar-refractivity contribution is -0.162. The van der Waals surface area contributed by atoms with Crippen molar-refractivity contribution in [3.63, 3.8) is 0 Å². The molecule has 3 atom stereocenters. The monoisotopic (exact) mass is 322 g/mol. The normalized spacial score (nSPS) is 28.8. The van der Waals surface area contributed by atoms with Gasteiger partial charge in [0, 0.05) is 0 Å².